The summed E-state index contributed by atoms with van der Waals surface area (Å²) in [4.78, 5) is 0. The highest BCUT2D eigenvalue weighted by molar-refractivity contribution is 7.87. The lowest BCUT2D eigenvalue weighted by Crippen LogP contribution is -2.33. The average molecular weight is 236 g/mol. The van der Waals surface area contributed by atoms with Gasteiger partial charge in [-0.3, -0.25) is 0 Å². The molecule has 15 heavy (non-hydrogen) atoms. The van der Waals surface area contributed by atoms with Crippen LogP contribution in [0.1, 0.15) is 18.5 Å². The molecule has 4 nitrogen and oxygen atoms in total. The second-order valence-corrected chi connectivity index (χ2v) is 4.38. The highest BCUT2D eigenvalue weighted by atomic mass is 32.2. The summed E-state index contributed by atoms with van der Waals surface area (Å²) in [7, 11) is -3.86. The van der Waals surface area contributed by atoms with Crippen molar-refractivity contribution in [1.82, 2.24) is 4.72 Å². The summed E-state index contributed by atoms with van der Waals surface area (Å²) in [5, 5.41) is 4.73. The number of hydrogen-bond donors (Lipinski definition) is 2. The van der Waals surface area contributed by atoms with Gasteiger partial charge in [-0.15, -0.1) is 0 Å². The van der Waals surface area contributed by atoms with Crippen molar-refractivity contribution < 1.29 is 17.2 Å². The van der Waals surface area contributed by atoms with Crippen molar-refractivity contribution in [3.63, 3.8) is 0 Å². The third-order valence-corrected chi connectivity index (χ3v) is 2.47. The normalized spacial score (nSPS) is 13.9. The first kappa shape index (κ1) is 12.0. The Morgan fingerprint density at radius 3 is 2.40 bits per heavy atom. The molecule has 0 aliphatic heterocycles. The van der Waals surface area contributed by atoms with E-state index in [1.165, 1.54) is 13.0 Å². The molecule has 7 heteroatoms. The van der Waals surface area contributed by atoms with E-state index in [9.17, 15) is 17.2 Å². The van der Waals surface area contributed by atoms with Crippen molar-refractivity contribution in [2.45, 2.75) is 13.0 Å². The molecule has 0 spiro atoms. The third kappa shape index (κ3) is 3.54. The number of nitrogens with two attached hydrogens (primary N) is 1. The van der Waals surface area contributed by atoms with Crippen LogP contribution in [0.25, 0.3) is 0 Å². The van der Waals surface area contributed by atoms with Crippen molar-refractivity contribution >= 4 is 10.2 Å². The zero-order chi connectivity index (χ0) is 11.6. The number of nitrogens with one attached hydrogen (secondary N) is 1. The molecule has 0 radical (unpaired) electrons. The minimum atomic E-state index is -3.86. The molecular formula is C8H10F2N2O2S. The summed E-state index contributed by atoms with van der Waals surface area (Å²) in [5.41, 5.74) is 0.294. The van der Waals surface area contributed by atoms with Gasteiger partial charge < -0.3 is 0 Å². The van der Waals surface area contributed by atoms with Gasteiger partial charge in [-0.2, -0.15) is 13.1 Å². The van der Waals surface area contributed by atoms with Crippen LogP contribution in [0.4, 0.5) is 8.78 Å². The molecule has 1 unspecified atom stereocenters. The molecule has 0 saturated heterocycles. The molecule has 1 aromatic carbocycles. The first-order valence-corrected chi connectivity index (χ1v) is 5.59. The number of benzene rings is 1. The van der Waals surface area contributed by atoms with Crippen molar-refractivity contribution in [3.05, 3.63) is 35.4 Å². The Labute approximate surface area is 86.3 Å². The first-order chi connectivity index (χ1) is 6.79. The molecule has 0 aromatic heterocycles. The van der Waals surface area contributed by atoms with Crippen LogP contribution < -0.4 is 9.86 Å². The summed E-state index contributed by atoms with van der Waals surface area (Å²) >= 11 is 0. The van der Waals surface area contributed by atoms with Gasteiger partial charge >= 0.3 is 0 Å². The van der Waals surface area contributed by atoms with Gasteiger partial charge in [0.25, 0.3) is 10.2 Å². The van der Waals surface area contributed by atoms with Crippen LogP contribution in [0.5, 0.6) is 0 Å². The van der Waals surface area contributed by atoms with E-state index in [2.05, 4.69) is 0 Å². The Balaban J connectivity index is 2.92. The second-order valence-electron chi connectivity index (χ2n) is 3.06. The van der Waals surface area contributed by atoms with Gasteiger partial charge in [-0.05, 0) is 24.6 Å². The number of hydrogen-bond acceptors (Lipinski definition) is 2. The van der Waals surface area contributed by atoms with E-state index in [-0.39, 0.29) is 0 Å². The molecular weight excluding hydrogens is 226 g/mol. The van der Waals surface area contributed by atoms with E-state index in [1.807, 2.05) is 4.72 Å². The minimum absolute atomic E-state index is 0.294. The van der Waals surface area contributed by atoms with Gasteiger partial charge in [0.05, 0.1) is 0 Å². The van der Waals surface area contributed by atoms with E-state index in [4.69, 9.17) is 5.14 Å². The lowest BCUT2D eigenvalue weighted by molar-refractivity contribution is 0.504. The molecule has 3 N–H and O–H groups in total. The fourth-order valence-corrected chi connectivity index (χ4v) is 1.73. The van der Waals surface area contributed by atoms with Gasteiger partial charge in [0.15, 0.2) is 11.6 Å². The fourth-order valence-electron chi connectivity index (χ4n) is 1.10. The zero-order valence-corrected chi connectivity index (χ0v) is 8.68. The van der Waals surface area contributed by atoms with Crippen molar-refractivity contribution in [2.75, 3.05) is 0 Å². The fraction of sp³-hybridized carbons (Fsp3) is 0.250. The first-order valence-electron chi connectivity index (χ1n) is 4.04. The Morgan fingerprint density at radius 1 is 1.33 bits per heavy atom. The maximum atomic E-state index is 12.8. The predicted octanol–water partition coefficient (Wildman–Crippen LogP) is 0.819. The topological polar surface area (TPSA) is 72.2 Å². The summed E-state index contributed by atoms with van der Waals surface area (Å²) in [6.07, 6.45) is 0. The molecule has 0 aliphatic carbocycles. The van der Waals surface area contributed by atoms with Crippen LogP contribution in [0.3, 0.4) is 0 Å². The number of rotatable bonds is 3. The van der Waals surface area contributed by atoms with Crippen LogP contribution in [0, 0.1) is 11.6 Å². The summed E-state index contributed by atoms with van der Waals surface area (Å²) in [6.45, 7) is 1.47. The van der Waals surface area contributed by atoms with Gasteiger partial charge in [-0.25, -0.2) is 13.9 Å². The molecule has 0 amide bonds. The zero-order valence-electron chi connectivity index (χ0n) is 7.87. The van der Waals surface area contributed by atoms with E-state index >= 15 is 0 Å². The molecule has 0 bridgehead atoms. The van der Waals surface area contributed by atoms with E-state index in [1.54, 1.807) is 0 Å². The van der Waals surface area contributed by atoms with Crippen molar-refractivity contribution in [1.29, 1.82) is 0 Å². The Morgan fingerprint density at radius 2 is 1.93 bits per heavy atom. The van der Waals surface area contributed by atoms with Crippen LogP contribution in [0.15, 0.2) is 18.2 Å². The molecule has 0 saturated carbocycles. The quantitative estimate of drug-likeness (QED) is 0.815. The van der Waals surface area contributed by atoms with Gasteiger partial charge in [0.1, 0.15) is 0 Å². The summed E-state index contributed by atoms with van der Waals surface area (Å²) in [5.74, 6) is -2.02. The van der Waals surface area contributed by atoms with Crippen molar-refractivity contribution in [3.8, 4) is 0 Å². The van der Waals surface area contributed by atoms with Crippen LogP contribution in [0.2, 0.25) is 0 Å². The maximum absolute atomic E-state index is 12.8. The second kappa shape index (κ2) is 4.21. The average Bonchev–Trinajstić information content (AvgIpc) is 2.06. The van der Waals surface area contributed by atoms with E-state index in [0.29, 0.717) is 5.56 Å². The summed E-state index contributed by atoms with van der Waals surface area (Å²) in [6, 6.07) is 2.40. The van der Waals surface area contributed by atoms with E-state index < -0.39 is 27.9 Å². The molecule has 1 aromatic rings. The highest BCUT2D eigenvalue weighted by Gasteiger charge is 2.13. The number of halogens is 2. The van der Waals surface area contributed by atoms with E-state index in [0.717, 1.165) is 12.1 Å². The smallest absolute Gasteiger partial charge is 0.216 e. The van der Waals surface area contributed by atoms with Gasteiger partial charge in [-0.1, -0.05) is 6.07 Å². The molecule has 1 rings (SSSR count). The molecule has 0 fully saturated rings. The summed E-state index contributed by atoms with van der Waals surface area (Å²) < 4.78 is 48.7. The minimum Gasteiger partial charge on any atom is -0.216 e. The van der Waals surface area contributed by atoms with Crippen molar-refractivity contribution in [2.24, 2.45) is 5.14 Å². The highest BCUT2D eigenvalue weighted by Crippen LogP contribution is 2.15. The third-order valence-electron chi connectivity index (χ3n) is 1.78. The van der Waals surface area contributed by atoms with Gasteiger partial charge in [0.2, 0.25) is 0 Å². The standard InChI is InChI=1S/C8H10F2N2O2S/c1-5(12-15(11,13)14)6-2-3-7(9)8(10)4-6/h2-5,12H,1H3,(H2,11,13,14). The molecule has 1 atom stereocenters. The van der Waals surface area contributed by atoms with Gasteiger partial charge in [0, 0.05) is 6.04 Å². The molecule has 0 aliphatic rings. The molecule has 0 heterocycles. The lowest BCUT2D eigenvalue weighted by Gasteiger charge is -2.12. The lowest BCUT2D eigenvalue weighted by atomic mass is 10.1. The van der Waals surface area contributed by atoms with Crippen LogP contribution in [-0.2, 0) is 10.2 Å². The molecule has 84 valence electrons. The largest absolute Gasteiger partial charge is 0.274 e. The SMILES string of the molecule is CC(NS(N)(=O)=O)c1ccc(F)c(F)c1. The Bertz CT molecular complexity index is 462. The van der Waals surface area contributed by atoms with Crippen LogP contribution in [-0.4, -0.2) is 8.42 Å². The Hall–Kier alpha value is -1.05. The predicted molar refractivity (Wildman–Crippen MR) is 51.0 cm³/mol. The Kier molecular flexibility index (Phi) is 3.38. The maximum Gasteiger partial charge on any atom is 0.274 e. The van der Waals surface area contributed by atoms with Crippen LogP contribution >= 0.6 is 0 Å². The monoisotopic (exact) mass is 236 g/mol.